The number of aliphatic hydroxyl groups is 2. The average molecular weight is 848 g/mol. The number of benzene rings is 1. The van der Waals surface area contributed by atoms with E-state index in [1.807, 2.05) is 6.07 Å². The van der Waals surface area contributed by atoms with Crippen molar-refractivity contribution in [3.8, 4) is 0 Å². The van der Waals surface area contributed by atoms with Crippen LogP contribution in [0.4, 0.5) is 0 Å². The van der Waals surface area contributed by atoms with E-state index in [1.54, 1.807) is 45.6 Å². The lowest BCUT2D eigenvalue weighted by atomic mass is 9.43. The molecule has 1 heterocycles. The van der Waals surface area contributed by atoms with E-state index >= 15 is 0 Å². The van der Waals surface area contributed by atoms with Crippen molar-refractivity contribution in [2.75, 3.05) is 48.1 Å². The minimum Gasteiger partial charge on any atom is -0.455 e. The molecule has 11 nitrogen and oxygen atoms in total. The predicted octanol–water partition coefficient (Wildman–Crippen LogP) is 7.25. The highest BCUT2D eigenvalue weighted by Crippen LogP contribution is 2.80. The smallest absolute Gasteiger partial charge is 0.338 e. The van der Waals surface area contributed by atoms with Crippen molar-refractivity contribution in [2.45, 2.75) is 145 Å². The minimum absolute atomic E-state index is 0.118. The van der Waals surface area contributed by atoms with Crippen LogP contribution in [0.15, 0.2) is 66.8 Å². The summed E-state index contributed by atoms with van der Waals surface area (Å²) in [7, 11) is 6.71. The Morgan fingerprint density at radius 3 is 2.23 bits per heavy atom. The number of hydrogen-bond donors (Lipinski definition) is 2. The van der Waals surface area contributed by atoms with E-state index < -0.39 is 70.7 Å². The van der Waals surface area contributed by atoms with Gasteiger partial charge in [-0.15, -0.1) is 0 Å². The summed E-state index contributed by atoms with van der Waals surface area (Å²) in [5, 5.41) is 26.1. The summed E-state index contributed by atoms with van der Waals surface area (Å²) in [6.45, 7) is 6.26. The van der Waals surface area contributed by atoms with Crippen molar-refractivity contribution >= 4 is 11.9 Å². The molecule has 7 rings (SSSR count). The number of carbonyl (C=O) groups is 2. The summed E-state index contributed by atoms with van der Waals surface area (Å²) in [4.78, 5) is 31.1. The lowest BCUT2D eigenvalue weighted by Gasteiger charge is -2.69. The van der Waals surface area contributed by atoms with Crippen LogP contribution >= 0.6 is 0 Å². The maximum Gasteiger partial charge on any atom is 0.338 e. The molecule has 6 fully saturated rings. The Hall–Kier alpha value is -2.90. The third-order valence-electron chi connectivity index (χ3n) is 16.0. The molecule has 1 spiro atoms. The molecule has 0 aromatic heterocycles. The normalized spacial score (nSPS) is 39.7. The number of ether oxygens (including phenoxy) is 6. The quantitative estimate of drug-likeness (QED) is 0.0695. The van der Waals surface area contributed by atoms with Crippen LogP contribution < -0.4 is 0 Å². The van der Waals surface area contributed by atoms with Gasteiger partial charge in [0.25, 0.3) is 0 Å². The maximum atomic E-state index is 14.5. The van der Waals surface area contributed by atoms with Gasteiger partial charge in [0.15, 0.2) is 5.60 Å². The molecule has 1 aliphatic heterocycles. The monoisotopic (exact) mass is 848 g/mol. The van der Waals surface area contributed by atoms with E-state index in [0.717, 1.165) is 70.8 Å². The van der Waals surface area contributed by atoms with Gasteiger partial charge >= 0.3 is 11.9 Å². The van der Waals surface area contributed by atoms with Crippen molar-refractivity contribution < 1.29 is 48.2 Å². The molecule has 2 N–H and O–H groups in total. The molecule has 5 aliphatic carbocycles. The van der Waals surface area contributed by atoms with Crippen LogP contribution in [0.2, 0.25) is 0 Å². The number of likely N-dealkylation sites (tertiary alicyclic amines) is 1. The zero-order valence-electron chi connectivity index (χ0n) is 37.5. The predicted molar refractivity (Wildman–Crippen MR) is 233 cm³/mol. The van der Waals surface area contributed by atoms with Crippen molar-refractivity contribution in [2.24, 2.45) is 34.5 Å². The van der Waals surface area contributed by atoms with Gasteiger partial charge in [-0.1, -0.05) is 87.8 Å². The molecule has 1 saturated heterocycles. The summed E-state index contributed by atoms with van der Waals surface area (Å²) >= 11 is 0. The number of rotatable bonds is 22. The molecule has 6 aliphatic rings. The molecule has 14 atom stereocenters. The second-order valence-corrected chi connectivity index (χ2v) is 18.8. The SMILES string of the molecule is CC/C=C\C/C=C\C/C=C\CCCCCCCC(=O)O[C@]12C(O)[C@H](OC)[C@]3(O)C[C@H]([C@@H]1[C@H]3OC(=O)c1ccccc1)[C@@]13C(OC)CC[C@@]4(COC)CN(CC)[C@@H]1[C@@H]2[C@H](OC)[C@H]43. The molecule has 1 aromatic carbocycles. The van der Waals surface area contributed by atoms with Crippen molar-refractivity contribution in [1.29, 1.82) is 0 Å². The number of hydrogen-bond acceptors (Lipinski definition) is 11. The van der Waals surface area contributed by atoms with Crippen LogP contribution in [0.1, 0.15) is 108 Å². The van der Waals surface area contributed by atoms with Gasteiger partial charge in [0.1, 0.15) is 23.9 Å². The highest BCUT2D eigenvalue weighted by atomic mass is 16.6. The number of allylic oxidation sites excluding steroid dienone is 6. The summed E-state index contributed by atoms with van der Waals surface area (Å²) in [5.41, 5.74) is -4.01. The first-order chi connectivity index (χ1) is 29.6. The number of methoxy groups -OCH3 is 4. The molecular weight excluding hydrogens is 775 g/mol. The Balaban J connectivity index is 1.19. The van der Waals surface area contributed by atoms with Gasteiger partial charge in [0.05, 0.1) is 24.4 Å². The zero-order chi connectivity index (χ0) is 43.4. The maximum absolute atomic E-state index is 14.5. The molecule has 2 unspecified atom stereocenters. The molecule has 7 bridgehead atoms. The van der Waals surface area contributed by atoms with Gasteiger partial charge in [-0.3, -0.25) is 9.69 Å². The first kappa shape index (κ1) is 46.1. The molecule has 5 saturated carbocycles. The second-order valence-electron chi connectivity index (χ2n) is 18.8. The standard InChI is InChI=1S/C50H73NO10/c1-7-9-10-11-12-13-14-15-16-17-18-19-20-21-25-28-37(52)61-50-38-35(31-48(55,45(59-6)43(50)53)44(38)60-46(54)34-26-23-22-24-27-34)49-36(57-4)29-30-47(33-56-3)32-51(8-2)42(49)39(50)40(58-5)41(47)49/h9-10,12-13,15-16,22-24,26-27,35-36,38-45,53,55H,7-8,11,14,17-21,25,28-33H2,1-6H3/b10-9-,13-12-,16-15-/t35-,36?,38-,39+,40+,41-,42-,43?,44-,45+,47+,48+,49+,50-/m1/s1. The minimum atomic E-state index is -1.78. The van der Waals surface area contributed by atoms with Crippen LogP contribution in [0, 0.1) is 34.5 Å². The van der Waals surface area contributed by atoms with Gasteiger partial charge in [-0.25, -0.2) is 4.79 Å². The molecule has 0 amide bonds. The van der Waals surface area contributed by atoms with Crippen molar-refractivity contribution in [3.05, 3.63) is 72.4 Å². The topological polar surface area (TPSA) is 133 Å². The first-order valence-corrected chi connectivity index (χ1v) is 23.3. The Morgan fingerprint density at radius 2 is 1.56 bits per heavy atom. The van der Waals surface area contributed by atoms with E-state index in [4.69, 9.17) is 28.4 Å². The number of aliphatic hydroxyl groups excluding tert-OH is 1. The van der Waals surface area contributed by atoms with Gasteiger partial charge in [-0.2, -0.15) is 0 Å². The van der Waals surface area contributed by atoms with E-state index in [1.165, 1.54) is 7.11 Å². The number of esters is 2. The Labute approximate surface area is 364 Å². The third-order valence-corrected chi connectivity index (χ3v) is 16.0. The zero-order valence-corrected chi connectivity index (χ0v) is 37.5. The molecule has 338 valence electrons. The fourth-order valence-electron chi connectivity index (χ4n) is 14.2. The number of fused-ring (bicyclic) bond motifs is 2. The largest absolute Gasteiger partial charge is 0.455 e. The molecule has 1 aromatic rings. The van der Waals surface area contributed by atoms with Gasteiger partial charge in [0.2, 0.25) is 0 Å². The van der Waals surface area contributed by atoms with Crippen molar-refractivity contribution in [3.63, 3.8) is 0 Å². The molecule has 0 radical (unpaired) electrons. The number of unbranched alkanes of at least 4 members (excludes halogenated alkanes) is 5. The summed E-state index contributed by atoms with van der Waals surface area (Å²) in [5.74, 6) is -2.84. The third kappa shape index (κ3) is 7.59. The number of carbonyl (C=O) groups excluding carboxylic acids is 2. The van der Waals surface area contributed by atoms with E-state index in [9.17, 15) is 19.8 Å². The van der Waals surface area contributed by atoms with Crippen LogP contribution in [0.3, 0.4) is 0 Å². The highest BCUT2D eigenvalue weighted by Gasteiger charge is 2.91. The molecule has 11 heteroatoms. The van der Waals surface area contributed by atoms with E-state index in [0.29, 0.717) is 25.1 Å². The van der Waals surface area contributed by atoms with Gasteiger partial charge < -0.3 is 38.6 Å². The Kier molecular flexibility index (Phi) is 14.7. The van der Waals surface area contributed by atoms with Crippen LogP contribution in [-0.4, -0.2) is 123 Å². The Morgan fingerprint density at radius 1 is 0.852 bits per heavy atom. The summed E-state index contributed by atoms with van der Waals surface area (Å²) < 4.78 is 39.0. The van der Waals surface area contributed by atoms with Crippen LogP contribution in [0.5, 0.6) is 0 Å². The average Bonchev–Trinajstić information content (AvgIpc) is 3.64. The van der Waals surface area contributed by atoms with Crippen LogP contribution in [-0.2, 0) is 33.2 Å². The number of piperidine rings is 1. The fraction of sp³-hybridized carbons (Fsp3) is 0.720. The van der Waals surface area contributed by atoms with E-state index in [-0.39, 0.29) is 36.3 Å². The van der Waals surface area contributed by atoms with Gasteiger partial charge in [0, 0.05) is 76.0 Å². The summed E-state index contributed by atoms with van der Waals surface area (Å²) in [6.07, 6.45) is 19.5. The molecule has 61 heavy (non-hydrogen) atoms. The van der Waals surface area contributed by atoms with Crippen molar-refractivity contribution in [1.82, 2.24) is 4.90 Å². The van der Waals surface area contributed by atoms with Crippen LogP contribution in [0.25, 0.3) is 0 Å². The molecular formula is C50H73NO10. The lowest BCUT2D eigenvalue weighted by molar-refractivity contribution is -0.318. The second kappa shape index (κ2) is 19.5. The highest BCUT2D eigenvalue weighted by molar-refractivity contribution is 5.89. The fourth-order valence-corrected chi connectivity index (χ4v) is 14.2. The number of nitrogens with zero attached hydrogens (tertiary/aromatic N) is 1. The van der Waals surface area contributed by atoms with Gasteiger partial charge in [-0.05, 0) is 82.4 Å². The lowest BCUT2D eigenvalue weighted by Crippen LogP contribution is -2.81. The first-order valence-electron chi connectivity index (χ1n) is 23.3. The van der Waals surface area contributed by atoms with E-state index in [2.05, 4.69) is 55.2 Å². The Bertz CT molecular complexity index is 1730. The summed E-state index contributed by atoms with van der Waals surface area (Å²) in [6, 6.07) is 8.52.